The van der Waals surface area contributed by atoms with Gasteiger partial charge in [0.15, 0.2) is 0 Å². The first-order chi connectivity index (χ1) is 8.56. The third kappa shape index (κ3) is 2.87. The Hall–Kier alpha value is -1.87. The van der Waals surface area contributed by atoms with Crippen LogP contribution in [0, 0.1) is 13.8 Å². The zero-order chi connectivity index (χ0) is 13.1. The molecule has 0 spiro atoms. The van der Waals surface area contributed by atoms with Gasteiger partial charge < -0.3 is 4.74 Å². The number of carbonyl (C=O) groups is 1. The maximum Gasteiger partial charge on any atom is 0.257 e. The highest BCUT2D eigenvalue weighted by Crippen LogP contribution is 2.25. The SMILES string of the molecule is Cc1cc(C)cc(Oc2ncccc2C(=O)Cl)c1. The van der Waals surface area contributed by atoms with E-state index in [9.17, 15) is 4.79 Å². The van der Waals surface area contributed by atoms with Gasteiger partial charge in [0.1, 0.15) is 5.75 Å². The predicted molar refractivity (Wildman–Crippen MR) is 70.4 cm³/mol. The average Bonchev–Trinajstić information content (AvgIpc) is 2.27. The van der Waals surface area contributed by atoms with Crippen molar-refractivity contribution < 1.29 is 9.53 Å². The van der Waals surface area contributed by atoms with Crippen LogP contribution in [0.2, 0.25) is 0 Å². The summed E-state index contributed by atoms with van der Waals surface area (Å²) in [5.74, 6) is 0.868. The third-order valence-electron chi connectivity index (χ3n) is 2.39. The lowest BCUT2D eigenvalue weighted by molar-refractivity contribution is 0.107. The van der Waals surface area contributed by atoms with E-state index < -0.39 is 5.24 Å². The minimum atomic E-state index is -0.581. The number of hydrogen-bond donors (Lipinski definition) is 0. The first-order valence-corrected chi connectivity index (χ1v) is 5.85. The molecule has 0 N–H and O–H groups in total. The van der Waals surface area contributed by atoms with Gasteiger partial charge in [0, 0.05) is 6.20 Å². The first kappa shape index (κ1) is 12.6. The van der Waals surface area contributed by atoms with Crippen molar-refractivity contribution in [3.8, 4) is 11.6 Å². The van der Waals surface area contributed by atoms with Crippen LogP contribution < -0.4 is 4.74 Å². The van der Waals surface area contributed by atoms with Gasteiger partial charge in [-0.1, -0.05) is 6.07 Å². The van der Waals surface area contributed by atoms with Crippen LogP contribution in [0.5, 0.6) is 11.6 Å². The van der Waals surface area contributed by atoms with Gasteiger partial charge in [-0.2, -0.15) is 0 Å². The van der Waals surface area contributed by atoms with Crippen molar-refractivity contribution >= 4 is 16.8 Å². The number of rotatable bonds is 3. The Bertz CT molecular complexity index is 576. The summed E-state index contributed by atoms with van der Waals surface area (Å²) in [4.78, 5) is 15.3. The van der Waals surface area contributed by atoms with Gasteiger partial charge in [0.2, 0.25) is 5.88 Å². The van der Waals surface area contributed by atoms with Crippen LogP contribution >= 0.6 is 11.6 Å². The second-order valence-corrected chi connectivity index (χ2v) is 4.40. The number of halogens is 1. The maximum absolute atomic E-state index is 11.2. The molecule has 1 heterocycles. The van der Waals surface area contributed by atoms with Crippen molar-refractivity contribution in [2.75, 3.05) is 0 Å². The Labute approximate surface area is 110 Å². The summed E-state index contributed by atoms with van der Waals surface area (Å²) < 4.78 is 5.62. The second-order valence-electron chi connectivity index (χ2n) is 4.06. The average molecular weight is 262 g/mol. The van der Waals surface area contributed by atoms with Crippen molar-refractivity contribution in [1.82, 2.24) is 4.98 Å². The van der Waals surface area contributed by atoms with E-state index in [4.69, 9.17) is 16.3 Å². The number of ether oxygens (including phenoxy) is 1. The number of carbonyl (C=O) groups excluding carboxylic acids is 1. The van der Waals surface area contributed by atoms with Crippen molar-refractivity contribution in [3.63, 3.8) is 0 Å². The maximum atomic E-state index is 11.2. The highest BCUT2D eigenvalue weighted by Gasteiger charge is 2.12. The number of benzene rings is 1. The molecule has 2 aromatic rings. The van der Waals surface area contributed by atoms with Gasteiger partial charge in [-0.3, -0.25) is 4.79 Å². The van der Waals surface area contributed by atoms with Crippen molar-refractivity contribution in [1.29, 1.82) is 0 Å². The summed E-state index contributed by atoms with van der Waals surface area (Å²) in [5, 5.41) is -0.581. The fourth-order valence-electron chi connectivity index (χ4n) is 1.73. The fourth-order valence-corrected chi connectivity index (χ4v) is 1.87. The molecular weight excluding hydrogens is 250 g/mol. The van der Waals surface area contributed by atoms with E-state index in [2.05, 4.69) is 4.98 Å². The number of pyridine rings is 1. The molecule has 0 amide bonds. The van der Waals surface area contributed by atoms with Gasteiger partial charge in [-0.05, 0) is 60.8 Å². The van der Waals surface area contributed by atoms with Gasteiger partial charge in [-0.25, -0.2) is 4.98 Å². The van der Waals surface area contributed by atoms with Crippen LogP contribution in [0.3, 0.4) is 0 Å². The molecule has 0 aliphatic heterocycles. The minimum absolute atomic E-state index is 0.225. The van der Waals surface area contributed by atoms with E-state index in [1.807, 2.05) is 32.0 Å². The first-order valence-electron chi connectivity index (χ1n) is 5.47. The van der Waals surface area contributed by atoms with Crippen molar-refractivity contribution in [2.45, 2.75) is 13.8 Å². The zero-order valence-electron chi connectivity index (χ0n) is 10.1. The summed E-state index contributed by atoms with van der Waals surface area (Å²) in [7, 11) is 0. The molecular formula is C14H12ClNO2. The molecule has 1 aromatic heterocycles. The lowest BCUT2D eigenvalue weighted by Gasteiger charge is -2.08. The molecule has 0 radical (unpaired) electrons. The lowest BCUT2D eigenvalue weighted by Crippen LogP contribution is -1.97. The Morgan fingerprint density at radius 1 is 1.22 bits per heavy atom. The normalized spacial score (nSPS) is 10.2. The molecule has 0 fully saturated rings. The quantitative estimate of drug-likeness (QED) is 0.788. The van der Waals surface area contributed by atoms with Crippen LogP contribution in [-0.4, -0.2) is 10.2 Å². The van der Waals surface area contributed by atoms with E-state index in [1.54, 1.807) is 18.3 Å². The number of aryl methyl sites for hydroxylation is 2. The number of hydrogen-bond acceptors (Lipinski definition) is 3. The van der Waals surface area contributed by atoms with E-state index in [1.165, 1.54) is 0 Å². The molecule has 1 aromatic carbocycles. The Balaban J connectivity index is 2.37. The van der Waals surface area contributed by atoms with Crippen LogP contribution in [0.15, 0.2) is 36.5 Å². The fraction of sp³-hybridized carbons (Fsp3) is 0.143. The molecule has 4 heteroatoms. The standard InChI is InChI=1S/C14H12ClNO2/c1-9-6-10(2)8-11(7-9)18-14-12(13(15)17)4-3-5-16-14/h3-8H,1-2H3. The van der Waals surface area contributed by atoms with Crippen molar-refractivity contribution in [3.05, 3.63) is 53.2 Å². The lowest BCUT2D eigenvalue weighted by atomic mass is 10.1. The predicted octanol–water partition coefficient (Wildman–Crippen LogP) is 3.87. The number of nitrogens with zero attached hydrogens (tertiary/aromatic N) is 1. The van der Waals surface area contributed by atoms with E-state index in [0.717, 1.165) is 11.1 Å². The van der Waals surface area contributed by atoms with Gasteiger partial charge >= 0.3 is 0 Å². The highest BCUT2D eigenvalue weighted by molar-refractivity contribution is 6.68. The monoisotopic (exact) mass is 261 g/mol. The summed E-state index contributed by atoms with van der Waals surface area (Å²) in [6.07, 6.45) is 1.56. The topological polar surface area (TPSA) is 39.2 Å². The van der Waals surface area contributed by atoms with E-state index in [0.29, 0.717) is 5.75 Å². The summed E-state index contributed by atoms with van der Waals surface area (Å²) >= 11 is 5.48. The molecule has 18 heavy (non-hydrogen) atoms. The Kier molecular flexibility index (Phi) is 3.63. The molecule has 0 unspecified atom stereocenters. The molecule has 92 valence electrons. The second kappa shape index (κ2) is 5.19. The van der Waals surface area contributed by atoms with Crippen molar-refractivity contribution in [2.24, 2.45) is 0 Å². The van der Waals surface area contributed by atoms with Gasteiger partial charge in [0.05, 0.1) is 5.56 Å². The molecule has 2 rings (SSSR count). The van der Waals surface area contributed by atoms with E-state index in [-0.39, 0.29) is 11.4 Å². The molecule has 0 aliphatic carbocycles. The van der Waals surface area contributed by atoms with Gasteiger partial charge in [-0.15, -0.1) is 0 Å². The molecule has 0 saturated carbocycles. The molecule has 0 saturated heterocycles. The smallest absolute Gasteiger partial charge is 0.257 e. The largest absolute Gasteiger partial charge is 0.438 e. The molecule has 0 aliphatic rings. The summed E-state index contributed by atoms with van der Waals surface area (Å²) in [6.45, 7) is 3.96. The zero-order valence-corrected chi connectivity index (χ0v) is 10.9. The summed E-state index contributed by atoms with van der Waals surface area (Å²) in [5.41, 5.74) is 2.43. The highest BCUT2D eigenvalue weighted by atomic mass is 35.5. The van der Waals surface area contributed by atoms with Crippen LogP contribution in [0.1, 0.15) is 21.5 Å². The molecule has 3 nitrogen and oxygen atoms in total. The number of aromatic nitrogens is 1. The van der Waals surface area contributed by atoms with Crippen LogP contribution in [0.4, 0.5) is 0 Å². The molecule has 0 atom stereocenters. The van der Waals surface area contributed by atoms with E-state index >= 15 is 0 Å². The van der Waals surface area contributed by atoms with Crippen LogP contribution in [0.25, 0.3) is 0 Å². The molecule has 0 bridgehead atoms. The minimum Gasteiger partial charge on any atom is -0.438 e. The van der Waals surface area contributed by atoms with Gasteiger partial charge in [0.25, 0.3) is 5.24 Å². The van der Waals surface area contributed by atoms with Crippen LogP contribution in [-0.2, 0) is 0 Å². The summed E-state index contributed by atoms with van der Waals surface area (Å²) in [6, 6.07) is 9.03. The Morgan fingerprint density at radius 2 is 1.89 bits per heavy atom. The third-order valence-corrected chi connectivity index (χ3v) is 2.60. The Morgan fingerprint density at radius 3 is 2.50 bits per heavy atom.